The van der Waals surface area contributed by atoms with E-state index in [9.17, 15) is 9.90 Å². The average Bonchev–Trinajstić information content (AvgIpc) is 2.69. The van der Waals surface area contributed by atoms with Crippen molar-refractivity contribution in [3.8, 4) is 23.0 Å². The van der Waals surface area contributed by atoms with E-state index in [0.717, 1.165) is 11.8 Å². The van der Waals surface area contributed by atoms with E-state index in [0.29, 0.717) is 22.8 Å². The van der Waals surface area contributed by atoms with Gasteiger partial charge in [-0.25, -0.2) is 0 Å². The SMILES string of the molecule is COc1cc([C@H]2OC(C)(C)OC[C@@H]2Oc2ccc(C=O)cc2OC)ccc1O. The van der Waals surface area contributed by atoms with Crippen molar-refractivity contribution < 1.29 is 33.6 Å². The summed E-state index contributed by atoms with van der Waals surface area (Å²) in [4.78, 5) is 11.0. The van der Waals surface area contributed by atoms with Crippen molar-refractivity contribution in [3.05, 3.63) is 47.5 Å². The molecule has 0 spiro atoms. The Bertz CT molecular complexity index is 847. The Morgan fingerprint density at radius 1 is 1.07 bits per heavy atom. The summed E-state index contributed by atoms with van der Waals surface area (Å²) in [5.41, 5.74) is 1.26. The molecule has 0 radical (unpaired) electrons. The lowest BCUT2D eigenvalue weighted by molar-refractivity contribution is -0.302. The third kappa shape index (κ3) is 4.21. The second kappa shape index (κ2) is 8.08. The molecule has 2 aromatic carbocycles. The van der Waals surface area contributed by atoms with Crippen molar-refractivity contribution in [1.29, 1.82) is 0 Å². The Morgan fingerprint density at radius 2 is 1.82 bits per heavy atom. The van der Waals surface area contributed by atoms with Crippen LogP contribution in [-0.4, -0.2) is 44.1 Å². The minimum atomic E-state index is -0.804. The molecular formula is C21H24O7. The first-order chi connectivity index (χ1) is 13.4. The lowest BCUT2D eigenvalue weighted by Gasteiger charge is -2.41. The number of methoxy groups -OCH3 is 2. The number of aromatic hydroxyl groups is 1. The third-order valence-corrected chi connectivity index (χ3v) is 4.48. The van der Waals surface area contributed by atoms with E-state index in [-0.39, 0.29) is 12.4 Å². The molecule has 1 N–H and O–H groups in total. The molecule has 0 saturated carbocycles. The molecule has 1 aliphatic rings. The van der Waals surface area contributed by atoms with Crippen molar-refractivity contribution in [1.82, 2.24) is 0 Å². The first kappa shape index (κ1) is 20.0. The van der Waals surface area contributed by atoms with Gasteiger partial charge >= 0.3 is 0 Å². The monoisotopic (exact) mass is 388 g/mol. The van der Waals surface area contributed by atoms with Crippen LogP contribution in [0.4, 0.5) is 0 Å². The van der Waals surface area contributed by atoms with Crippen LogP contribution in [-0.2, 0) is 9.47 Å². The highest BCUT2D eigenvalue weighted by Gasteiger charge is 2.39. The van der Waals surface area contributed by atoms with Crippen LogP contribution in [0, 0.1) is 0 Å². The molecule has 0 aliphatic carbocycles. The van der Waals surface area contributed by atoms with E-state index in [4.69, 9.17) is 23.7 Å². The minimum Gasteiger partial charge on any atom is -0.504 e. The van der Waals surface area contributed by atoms with Crippen LogP contribution in [0.25, 0.3) is 0 Å². The standard InChI is InChI=1S/C21H24O7/c1-21(2)26-12-19(27-16-8-5-13(11-22)9-18(16)25-4)20(28-21)14-6-7-15(23)17(10-14)24-3/h5-11,19-20,23H,12H2,1-4H3/t19-,20+/m0/s1. The summed E-state index contributed by atoms with van der Waals surface area (Å²) in [6, 6.07) is 9.96. The first-order valence-electron chi connectivity index (χ1n) is 8.85. The molecule has 28 heavy (non-hydrogen) atoms. The molecule has 0 aromatic heterocycles. The van der Waals surface area contributed by atoms with Gasteiger partial charge in [0.2, 0.25) is 0 Å². The number of ether oxygens (including phenoxy) is 5. The van der Waals surface area contributed by atoms with Gasteiger partial charge in [0.15, 0.2) is 34.9 Å². The van der Waals surface area contributed by atoms with Crippen molar-refractivity contribution in [2.24, 2.45) is 0 Å². The zero-order valence-electron chi connectivity index (χ0n) is 16.3. The Morgan fingerprint density at radius 3 is 2.50 bits per heavy atom. The molecule has 7 nitrogen and oxygen atoms in total. The van der Waals surface area contributed by atoms with Crippen LogP contribution in [0.2, 0.25) is 0 Å². The van der Waals surface area contributed by atoms with Gasteiger partial charge in [-0.05, 0) is 49.7 Å². The molecular weight excluding hydrogens is 364 g/mol. The van der Waals surface area contributed by atoms with Gasteiger partial charge in [-0.1, -0.05) is 6.07 Å². The summed E-state index contributed by atoms with van der Waals surface area (Å²) in [6.07, 6.45) is -0.223. The molecule has 0 bridgehead atoms. The topological polar surface area (TPSA) is 83.5 Å². The van der Waals surface area contributed by atoms with Crippen molar-refractivity contribution >= 4 is 6.29 Å². The molecule has 0 amide bonds. The lowest BCUT2D eigenvalue weighted by Crippen LogP contribution is -2.46. The first-order valence-corrected chi connectivity index (χ1v) is 8.85. The smallest absolute Gasteiger partial charge is 0.163 e. The molecule has 1 heterocycles. The van der Waals surface area contributed by atoms with Gasteiger partial charge in [0.25, 0.3) is 0 Å². The van der Waals surface area contributed by atoms with Crippen molar-refractivity contribution in [2.75, 3.05) is 20.8 Å². The summed E-state index contributed by atoms with van der Waals surface area (Å²) in [6.45, 7) is 3.93. The van der Waals surface area contributed by atoms with Crippen LogP contribution >= 0.6 is 0 Å². The molecule has 1 fully saturated rings. The second-order valence-electron chi connectivity index (χ2n) is 6.87. The van der Waals surface area contributed by atoms with E-state index in [1.165, 1.54) is 14.2 Å². The van der Waals surface area contributed by atoms with E-state index in [1.807, 2.05) is 13.8 Å². The van der Waals surface area contributed by atoms with Gasteiger partial charge < -0.3 is 28.8 Å². The quantitative estimate of drug-likeness (QED) is 0.759. The van der Waals surface area contributed by atoms with Crippen LogP contribution in [0.3, 0.4) is 0 Å². The normalized spacial score (nSPS) is 21.0. The summed E-state index contributed by atoms with van der Waals surface area (Å²) >= 11 is 0. The van der Waals surface area contributed by atoms with Gasteiger partial charge in [0.05, 0.1) is 20.8 Å². The minimum absolute atomic E-state index is 0.0427. The van der Waals surface area contributed by atoms with Gasteiger partial charge in [0, 0.05) is 5.56 Å². The molecule has 2 aromatic rings. The highest BCUT2D eigenvalue weighted by atomic mass is 16.7. The third-order valence-electron chi connectivity index (χ3n) is 4.48. The molecule has 2 atom stereocenters. The number of aldehydes is 1. The van der Waals surface area contributed by atoms with Crippen molar-refractivity contribution in [2.45, 2.75) is 31.8 Å². The summed E-state index contributed by atoms with van der Waals surface area (Å²) in [5, 5.41) is 9.89. The average molecular weight is 388 g/mol. The number of hydrogen-bond donors (Lipinski definition) is 1. The van der Waals surface area contributed by atoms with E-state index in [2.05, 4.69) is 0 Å². The Hall–Kier alpha value is -2.77. The highest BCUT2D eigenvalue weighted by Crippen LogP contribution is 2.39. The Kier molecular flexibility index (Phi) is 5.76. The Labute approximate surface area is 163 Å². The molecule has 1 aliphatic heterocycles. The van der Waals surface area contributed by atoms with Gasteiger partial charge in [-0.3, -0.25) is 4.79 Å². The number of phenols is 1. The van der Waals surface area contributed by atoms with Crippen LogP contribution in [0.5, 0.6) is 23.0 Å². The zero-order chi connectivity index (χ0) is 20.3. The van der Waals surface area contributed by atoms with E-state index >= 15 is 0 Å². The lowest BCUT2D eigenvalue weighted by atomic mass is 10.0. The van der Waals surface area contributed by atoms with Crippen LogP contribution in [0.15, 0.2) is 36.4 Å². The molecule has 1 saturated heterocycles. The molecule has 150 valence electrons. The molecule has 0 unspecified atom stereocenters. The van der Waals surface area contributed by atoms with E-state index < -0.39 is 18.0 Å². The van der Waals surface area contributed by atoms with Gasteiger partial charge in [0.1, 0.15) is 12.4 Å². The maximum absolute atomic E-state index is 11.0. The van der Waals surface area contributed by atoms with Gasteiger partial charge in [-0.15, -0.1) is 0 Å². The number of hydrogen-bond acceptors (Lipinski definition) is 7. The summed E-state index contributed by atoms with van der Waals surface area (Å²) < 4.78 is 28.6. The number of rotatable bonds is 6. The summed E-state index contributed by atoms with van der Waals surface area (Å²) in [7, 11) is 3.00. The maximum atomic E-state index is 11.0. The van der Waals surface area contributed by atoms with Gasteiger partial charge in [-0.2, -0.15) is 0 Å². The molecule has 7 heteroatoms. The maximum Gasteiger partial charge on any atom is 0.163 e. The largest absolute Gasteiger partial charge is 0.504 e. The number of carbonyl (C=O) groups excluding carboxylic acids is 1. The highest BCUT2D eigenvalue weighted by molar-refractivity contribution is 5.76. The summed E-state index contributed by atoms with van der Waals surface area (Å²) in [5.74, 6) is 0.497. The van der Waals surface area contributed by atoms with E-state index in [1.54, 1.807) is 36.4 Å². The second-order valence-corrected chi connectivity index (χ2v) is 6.87. The van der Waals surface area contributed by atoms with Crippen molar-refractivity contribution in [3.63, 3.8) is 0 Å². The number of phenolic OH excluding ortho intramolecular Hbond substituents is 1. The fourth-order valence-electron chi connectivity index (χ4n) is 3.05. The number of carbonyl (C=O) groups is 1. The zero-order valence-corrected chi connectivity index (χ0v) is 16.3. The predicted molar refractivity (Wildman–Crippen MR) is 101 cm³/mol. The van der Waals surface area contributed by atoms with Crippen LogP contribution in [0.1, 0.15) is 35.9 Å². The molecule has 3 rings (SSSR count). The Balaban J connectivity index is 1.93. The predicted octanol–water partition coefficient (Wildman–Crippen LogP) is 3.49. The number of benzene rings is 2. The fraction of sp³-hybridized carbons (Fsp3) is 0.381. The fourth-order valence-corrected chi connectivity index (χ4v) is 3.05. The van der Waals surface area contributed by atoms with Crippen LogP contribution < -0.4 is 14.2 Å².